The number of aromatic nitrogens is 2. The van der Waals surface area contributed by atoms with Crippen molar-refractivity contribution in [1.29, 1.82) is 0 Å². The summed E-state index contributed by atoms with van der Waals surface area (Å²) in [5.41, 5.74) is 6.67. The van der Waals surface area contributed by atoms with Crippen LogP contribution in [-0.2, 0) is 10.0 Å². The summed E-state index contributed by atoms with van der Waals surface area (Å²) >= 11 is 6.30. The SMILES string of the molecule is Cc1cc(N)ccc1S(=O)(=O)Nc1ncc(Br)nc1Br. The molecule has 0 saturated heterocycles. The molecule has 2 aromatic rings. The van der Waals surface area contributed by atoms with Gasteiger partial charge in [0, 0.05) is 5.69 Å². The van der Waals surface area contributed by atoms with E-state index in [1.807, 2.05) is 0 Å². The molecule has 3 N–H and O–H groups in total. The maximum atomic E-state index is 12.3. The number of hydrogen-bond donors (Lipinski definition) is 2. The number of halogens is 2. The van der Waals surface area contributed by atoms with Crippen LogP contribution in [0.5, 0.6) is 0 Å². The van der Waals surface area contributed by atoms with Gasteiger partial charge in [0.2, 0.25) is 0 Å². The zero-order valence-corrected chi connectivity index (χ0v) is 14.3. The smallest absolute Gasteiger partial charge is 0.263 e. The van der Waals surface area contributed by atoms with Crippen molar-refractivity contribution in [3.63, 3.8) is 0 Å². The molecule has 0 radical (unpaired) electrons. The third-order valence-corrected chi connectivity index (χ3v) is 4.85. The van der Waals surface area contributed by atoms with E-state index in [1.165, 1.54) is 18.3 Å². The quantitative estimate of drug-likeness (QED) is 0.742. The predicted octanol–water partition coefficient (Wildman–Crippen LogP) is 2.69. The Bertz CT molecular complexity index is 765. The topological polar surface area (TPSA) is 98.0 Å². The molecule has 0 aliphatic rings. The van der Waals surface area contributed by atoms with Gasteiger partial charge >= 0.3 is 0 Å². The first-order chi connectivity index (χ1) is 9.29. The van der Waals surface area contributed by atoms with E-state index in [9.17, 15) is 8.42 Å². The summed E-state index contributed by atoms with van der Waals surface area (Å²) in [6.45, 7) is 1.67. The molecule has 0 bridgehead atoms. The number of anilines is 2. The van der Waals surface area contributed by atoms with E-state index < -0.39 is 10.0 Å². The van der Waals surface area contributed by atoms with Crippen molar-refractivity contribution >= 4 is 53.4 Å². The minimum atomic E-state index is -3.75. The van der Waals surface area contributed by atoms with Crippen LogP contribution < -0.4 is 10.5 Å². The van der Waals surface area contributed by atoms with Gasteiger partial charge in [0.15, 0.2) is 10.4 Å². The molecular formula is C11H10Br2N4O2S. The third-order valence-electron chi connectivity index (χ3n) is 2.42. The van der Waals surface area contributed by atoms with Crippen LogP contribution in [0.25, 0.3) is 0 Å². The lowest BCUT2D eigenvalue weighted by molar-refractivity contribution is 0.600. The maximum Gasteiger partial charge on any atom is 0.263 e. The lowest BCUT2D eigenvalue weighted by atomic mass is 10.2. The van der Waals surface area contributed by atoms with E-state index in [0.29, 0.717) is 20.5 Å². The Balaban J connectivity index is 2.41. The average molecular weight is 422 g/mol. The first kappa shape index (κ1) is 15.2. The Kier molecular flexibility index (Phi) is 4.31. The zero-order valence-electron chi connectivity index (χ0n) is 10.3. The fraction of sp³-hybridized carbons (Fsp3) is 0.0909. The van der Waals surface area contributed by atoms with Crippen molar-refractivity contribution in [3.05, 3.63) is 39.2 Å². The lowest BCUT2D eigenvalue weighted by Gasteiger charge is -2.11. The number of sulfonamides is 1. The first-order valence-electron chi connectivity index (χ1n) is 5.36. The summed E-state index contributed by atoms with van der Waals surface area (Å²) in [6.07, 6.45) is 1.40. The molecule has 20 heavy (non-hydrogen) atoms. The molecule has 0 aliphatic heterocycles. The molecule has 0 aliphatic carbocycles. The molecule has 0 spiro atoms. The Hall–Kier alpha value is -1.19. The normalized spacial score (nSPS) is 11.3. The molecule has 6 nitrogen and oxygen atoms in total. The van der Waals surface area contributed by atoms with Crippen LogP contribution in [0.4, 0.5) is 11.5 Å². The Morgan fingerprint density at radius 1 is 1.30 bits per heavy atom. The van der Waals surface area contributed by atoms with E-state index in [0.717, 1.165) is 0 Å². The number of nitrogens with two attached hydrogens (primary N) is 1. The fourth-order valence-corrected chi connectivity index (χ4v) is 3.86. The van der Waals surface area contributed by atoms with Gasteiger partial charge in [-0.15, -0.1) is 0 Å². The van der Waals surface area contributed by atoms with Crippen LogP contribution in [-0.4, -0.2) is 18.4 Å². The number of nitrogens with zero attached hydrogens (tertiary/aromatic N) is 2. The molecule has 0 amide bonds. The van der Waals surface area contributed by atoms with Gasteiger partial charge < -0.3 is 5.73 Å². The summed E-state index contributed by atoms with van der Waals surface area (Å²) in [6, 6.07) is 4.58. The highest BCUT2D eigenvalue weighted by Crippen LogP contribution is 2.24. The van der Waals surface area contributed by atoms with Crippen molar-refractivity contribution in [3.8, 4) is 0 Å². The first-order valence-corrected chi connectivity index (χ1v) is 8.43. The van der Waals surface area contributed by atoms with Gasteiger partial charge in [0.25, 0.3) is 10.0 Å². The monoisotopic (exact) mass is 420 g/mol. The van der Waals surface area contributed by atoms with E-state index >= 15 is 0 Å². The van der Waals surface area contributed by atoms with Crippen LogP contribution in [0.15, 0.2) is 38.5 Å². The minimum absolute atomic E-state index is 0.115. The van der Waals surface area contributed by atoms with Gasteiger partial charge in [0.1, 0.15) is 4.60 Å². The molecule has 9 heteroatoms. The number of hydrogen-bond acceptors (Lipinski definition) is 5. The van der Waals surface area contributed by atoms with Crippen LogP contribution in [0.2, 0.25) is 0 Å². The van der Waals surface area contributed by atoms with Crippen molar-refractivity contribution in [2.45, 2.75) is 11.8 Å². The number of aryl methyl sites for hydroxylation is 1. The summed E-state index contributed by atoms with van der Waals surface area (Å²) in [5, 5.41) is 0. The van der Waals surface area contributed by atoms with Crippen LogP contribution in [0.3, 0.4) is 0 Å². The number of nitrogen functional groups attached to an aromatic ring is 1. The van der Waals surface area contributed by atoms with E-state index in [-0.39, 0.29) is 10.7 Å². The van der Waals surface area contributed by atoms with Crippen LogP contribution in [0, 0.1) is 6.92 Å². The van der Waals surface area contributed by atoms with Crippen molar-refractivity contribution < 1.29 is 8.42 Å². The predicted molar refractivity (Wildman–Crippen MR) is 83.8 cm³/mol. The van der Waals surface area contributed by atoms with Crippen molar-refractivity contribution in [1.82, 2.24) is 9.97 Å². The molecule has 0 unspecified atom stereocenters. The van der Waals surface area contributed by atoms with Gasteiger partial charge in [-0.3, -0.25) is 4.72 Å². The van der Waals surface area contributed by atoms with E-state index in [4.69, 9.17) is 5.73 Å². The van der Waals surface area contributed by atoms with Crippen molar-refractivity contribution in [2.75, 3.05) is 10.5 Å². The molecule has 0 saturated carbocycles. The van der Waals surface area contributed by atoms with Gasteiger partial charge in [-0.1, -0.05) is 0 Å². The van der Waals surface area contributed by atoms with Gasteiger partial charge in [-0.25, -0.2) is 18.4 Å². The second-order valence-electron chi connectivity index (χ2n) is 3.96. The van der Waals surface area contributed by atoms with E-state index in [2.05, 4.69) is 46.5 Å². The molecule has 0 fully saturated rings. The molecule has 2 rings (SSSR count). The largest absolute Gasteiger partial charge is 0.399 e. The highest BCUT2D eigenvalue weighted by Gasteiger charge is 2.19. The van der Waals surface area contributed by atoms with Gasteiger partial charge in [-0.05, 0) is 62.5 Å². The molecule has 106 valence electrons. The second-order valence-corrected chi connectivity index (χ2v) is 7.18. The summed E-state index contributed by atoms with van der Waals surface area (Å²) in [7, 11) is -3.75. The van der Waals surface area contributed by atoms with E-state index in [1.54, 1.807) is 13.0 Å². The minimum Gasteiger partial charge on any atom is -0.399 e. The Morgan fingerprint density at radius 3 is 2.60 bits per heavy atom. The van der Waals surface area contributed by atoms with Gasteiger partial charge in [0.05, 0.1) is 11.1 Å². The Labute approximate surface area is 133 Å². The van der Waals surface area contributed by atoms with Crippen molar-refractivity contribution in [2.24, 2.45) is 0 Å². The highest BCUT2D eigenvalue weighted by atomic mass is 79.9. The second kappa shape index (κ2) is 5.66. The summed E-state index contributed by atoms with van der Waals surface area (Å²) in [5.74, 6) is 0.115. The number of nitrogens with one attached hydrogen (secondary N) is 1. The average Bonchev–Trinajstić information content (AvgIpc) is 2.32. The molecule has 1 heterocycles. The highest BCUT2D eigenvalue weighted by molar-refractivity contribution is 9.11. The number of rotatable bonds is 3. The van der Waals surface area contributed by atoms with Crippen LogP contribution >= 0.6 is 31.9 Å². The number of benzene rings is 1. The molecular weight excluding hydrogens is 412 g/mol. The summed E-state index contributed by atoms with van der Waals surface area (Å²) in [4.78, 5) is 8.12. The maximum absolute atomic E-state index is 12.3. The molecule has 1 aromatic heterocycles. The third kappa shape index (κ3) is 3.28. The fourth-order valence-electron chi connectivity index (χ4n) is 1.57. The zero-order chi connectivity index (χ0) is 14.9. The van der Waals surface area contributed by atoms with Crippen LogP contribution in [0.1, 0.15) is 5.56 Å². The Morgan fingerprint density at radius 2 is 2.00 bits per heavy atom. The lowest BCUT2D eigenvalue weighted by Crippen LogP contribution is -2.16. The standard InChI is InChI=1S/C11H10Br2N4O2S/c1-6-4-7(14)2-3-8(6)20(18,19)17-11-10(13)16-9(12)5-15-11/h2-5H,14H2,1H3,(H,15,17). The molecule has 1 aromatic carbocycles. The molecule has 0 atom stereocenters. The van der Waals surface area contributed by atoms with Gasteiger partial charge in [-0.2, -0.15) is 0 Å². The summed E-state index contributed by atoms with van der Waals surface area (Å²) < 4.78 is 27.8.